The largest absolute Gasteiger partial charge is 0.245 e. The van der Waals surface area contributed by atoms with Gasteiger partial charge in [-0.1, -0.05) is 103 Å². The van der Waals surface area contributed by atoms with E-state index in [-0.39, 0.29) is 0 Å². The Bertz CT molecular complexity index is 2230. The van der Waals surface area contributed by atoms with Crippen molar-refractivity contribution in [1.29, 1.82) is 0 Å². The molecule has 0 radical (unpaired) electrons. The van der Waals surface area contributed by atoms with E-state index in [2.05, 4.69) is 161 Å². The van der Waals surface area contributed by atoms with Crippen LogP contribution in [0.15, 0.2) is 146 Å². The highest BCUT2D eigenvalue weighted by Crippen LogP contribution is 2.39. The van der Waals surface area contributed by atoms with Crippen LogP contribution in [0.4, 0.5) is 0 Å². The number of fused-ring (bicyclic) bond motifs is 4. The van der Waals surface area contributed by atoms with Gasteiger partial charge in [-0.05, 0) is 114 Å². The van der Waals surface area contributed by atoms with Crippen LogP contribution in [-0.2, 0) is 0 Å². The van der Waals surface area contributed by atoms with Crippen LogP contribution in [0.25, 0.3) is 75.6 Å². The molecule has 8 rings (SSSR count). The Morgan fingerprint density at radius 1 is 0.452 bits per heavy atom. The molecule has 0 aliphatic carbocycles. The summed E-state index contributed by atoms with van der Waals surface area (Å²) in [7, 11) is 0. The van der Waals surface area contributed by atoms with Gasteiger partial charge >= 0.3 is 0 Å². The number of aromatic nitrogens is 1. The molecule has 198 valence electrons. The topological polar surface area (TPSA) is 12.9 Å². The van der Waals surface area contributed by atoms with Crippen LogP contribution in [0.1, 0.15) is 0 Å². The summed E-state index contributed by atoms with van der Waals surface area (Å²) in [5.41, 5.74) is 9.90. The lowest BCUT2D eigenvalue weighted by Gasteiger charge is -2.09. The normalized spacial score (nSPS) is 11.5. The van der Waals surface area contributed by atoms with Crippen LogP contribution in [0.3, 0.4) is 0 Å². The maximum Gasteiger partial charge on any atom is 0.124 e. The van der Waals surface area contributed by atoms with Gasteiger partial charge in [-0.3, -0.25) is 0 Å². The van der Waals surface area contributed by atoms with E-state index in [0.29, 0.717) is 0 Å². The molecule has 0 aliphatic heterocycles. The Labute approximate surface area is 262 Å². The zero-order valence-electron chi connectivity index (χ0n) is 22.6. The Hall–Kier alpha value is -4.32. The number of nitrogens with zero attached hydrogens (tertiary/aromatic N) is 1. The van der Waals surface area contributed by atoms with Crippen molar-refractivity contribution in [2.45, 2.75) is 0 Å². The maximum atomic E-state index is 4.59. The summed E-state index contributed by atoms with van der Waals surface area (Å²) in [6.07, 6.45) is 1.88. The maximum absolute atomic E-state index is 4.59. The van der Waals surface area contributed by atoms with Gasteiger partial charge in [0.15, 0.2) is 0 Å². The van der Waals surface area contributed by atoms with Crippen molar-refractivity contribution in [2.24, 2.45) is 0 Å². The average molecular weight is 666 g/mol. The van der Waals surface area contributed by atoms with Crippen molar-refractivity contribution in [3.05, 3.63) is 149 Å². The average Bonchev–Trinajstić information content (AvgIpc) is 3.44. The molecule has 0 atom stereocenters. The number of halogens is 1. The molecule has 0 bridgehead atoms. The predicted octanol–water partition coefficient (Wildman–Crippen LogP) is 11.9. The number of benzene rings is 6. The molecule has 3 heteroatoms. The van der Waals surface area contributed by atoms with Crippen LogP contribution >= 0.6 is 33.9 Å². The molecule has 6 aromatic carbocycles. The fourth-order valence-corrected chi connectivity index (χ4v) is 7.34. The lowest BCUT2D eigenvalue weighted by Crippen LogP contribution is -1.84. The second-order valence-corrected chi connectivity index (χ2v) is 12.8. The Kier molecular flexibility index (Phi) is 6.35. The Balaban J connectivity index is 1.07. The van der Waals surface area contributed by atoms with E-state index in [1.54, 1.807) is 11.3 Å². The Morgan fingerprint density at radius 3 is 1.57 bits per heavy atom. The van der Waals surface area contributed by atoms with Gasteiger partial charge in [-0.2, -0.15) is 0 Å². The fraction of sp³-hybridized carbons (Fsp3) is 0. The van der Waals surface area contributed by atoms with E-state index in [9.17, 15) is 0 Å². The molecule has 0 N–H and O–H groups in total. The number of thiophene rings is 1. The third-order valence-electron chi connectivity index (χ3n) is 8.04. The van der Waals surface area contributed by atoms with Gasteiger partial charge in [-0.15, -0.1) is 11.3 Å². The molecular formula is C39H24INS. The van der Waals surface area contributed by atoms with E-state index in [4.69, 9.17) is 0 Å². The van der Waals surface area contributed by atoms with Gasteiger partial charge in [0.1, 0.15) is 4.83 Å². The predicted molar refractivity (Wildman–Crippen MR) is 189 cm³/mol. The first-order valence-corrected chi connectivity index (χ1v) is 15.9. The Morgan fingerprint density at radius 2 is 0.952 bits per heavy atom. The minimum Gasteiger partial charge on any atom is -0.245 e. The summed E-state index contributed by atoms with van der Waals surface area (Å²) >= 11 is 4.12. The van der Waals surface area contributed by atoms with E-state index in [0.717, 1.165) is 4.83 Å². The molecule has 0 saturated heterocycles. The standard InChI is InChI=1S/C39H24INS/c40-34-20-18-26(19-21-34)25-6-8-27(9-7-25)30-14-16-33-24-31(15-17-32(33)23-30)28-10-12-29(13-11-28)35-3-1-4-36-37-5-2-22-41-39(37)42-38(35)36/h1-24H. The second kappa shape index (κ2) is 10.5. The molecule has 0 aliphatic rings. The van der Waals surface area contributed by atoms with E-state index in [1.807, 2.05) is 12.3 Å². The van der Waals surface area contributed by atoms with Crippen LogP contribution in [0.2, 0.25) is 0 Å². The minimum absolute atomic E-state index is 1.09. The molecule has 0 fully saturated rings. The number of pyridine rings is 1. The van der Waals surface area contributed by atoms with Gasteiger partial charge in [0.25, 0.3) is 0 Å². The second-order valence-electron chi connectivity index (χ2n) is 10.6. The van der Waals surface area contributed by atoms with Crippen LogP contribution < -0.4 is 0 Å². The number of rotatable bonds is 4. The smallest absolute Gasteiger partial charge is 0.124 e. The van der Waals surface area contributed by atoms with Crippen molar-refractivity contribution < 1.29 is 0 Å². The molecular weight excluding hydrogens is 641 g/mol. The molecule has 0 amide bonds. The first kappa shape index (κ1) is 25.4. The first-order chi connectivity index (χ1) is 20.7. The molecule has 0 spiro atoms. The monoisotopic (exact) mass is 665 g/mol. The van der Waals surface area contributed by atoms with Crippen molar-refractivity contribution >= 4 is 65.0 Å². The summed E-state index contributed by atoms with van der Waals surface area (Å²) in [6, 6.07) is 50.8. The molecule has 2 heterocycles. The summed E-state index contributed by atoms with van der Waals surface area (Å²) in [6.45, 7) is 0. The van der Waals surface area contributed by atoms with E-state index >= 15 is 0 Å². The number of hydrogen-bond acceptors (Lipinski definition) is 2. The first-order valence-electron chi connectivity index (χ1n) is 14.0. The minimum atomic E-state index is 1.09. The highest BCUT2D eigenvalue weighted by Gasteiger charge is 2.11. The van der Waals surface area contributed by atoms with Crippen LogP contribution in [0.5, 0.6) is 0 Å². The quantitative estimate of drug-likeness (QED) is 0.171. The molecule has 2 aromatic heterocycles. The van der Waals surface area contributed by atoms with Crippen LogP contribution in [-0.4, -0.2) is 4.98 Å². The van der Waals surface area contributed by atoms with E-state index in [1.165, 1.54) is 74.3 Å². The van der Waals surface area contributed by atoms with Crippen molar-refractivity contribution in [1.82, 2.24) is 4.98 Å². The summed E-state index contributed by atoms with van der Waals surface area (Å²) < 4.78 is 2.55. The zero-order chi connectivity index (χ0) is 28.0. The number of hydrogen-bond donors (Lipinski definition) is 0. The summed E-state index contributed by atoms with van der Waals surface area (Å²) in [5.74, 6) is 0. The van der Waals surface area contributed by atoms with Crippen molar-refractivity contribution in [3.63, 3.8) is 0 Å². The molecule has 0 unspecified atom stereocenters. The zero-order valence-corrected chi connectivity index (χ0v) is 25.6. The molecule has 42 heavy (non-hydrogen) atoms. The molecule has 8 aromatic rings. The summed E-state index contributed by atoms with van der Waals surface area (Å²) in [5, 5.41) is 5.01. The van der Waals surface area contributed by atoms with Gasteiger partial charge in [0.2, 0.25) is 0 Å². The molecule has 0 saturated carbocycles. The van der Waals surface area contributed by atoms with Gasteiger partial charge in [0.05, 0.1) is 0 Å². The van der Waals surface area contributed by atoms with Crippen LogP contribution in [0, 0.1) is 3.57 Å². The van der Waals surface area contributed by atoms with Crippen molar-refractivity contribution in [2.75, 3.05) is 0 Å². The molecule has 1 nitrogen and oxygen atoms in total. The highest BCUT2D eigenvalue weighted by atomic mass is 127. The summed E-state index contributed by atoms with van der Waals surface area (Å²) in [4.78, 5) is 5.68. The highest BCUT2D eigenvalue weighted by molar-refractivity contribution is 14.1. The lowest BCUT2D eigenvalue weighted by molar-refractivity contribution is 1.45. The fourth-order valence-electron chi connectivity index (χ4n) is 5.80. The van der Waals surface area contributed by atoms with Crippen molar-refractivity contribution in [3.8, 4) is 44.5 Å². The third kappa shape index (κ3) is 4.59. The SMILES string of the molecule is Ic1ccc(-c2ccc(-c3ccc4cc(-c5ccc(-c6cccc7c6sc6ncccc67)cc5)ccc4c3)cc2)cc1. The third-order valence-corrected chi connectivity index (χ3v) is 9.92. The van der Waals surface area contributed by atoms with Gasteiger partial charge < -0.3 is 0 Å². The van der Waals surface area contributed by atoms with Gasteiger partial charge in [-0.25, -0.2) is 4.98 Å². The lowest BCUT2D eigenvalue weighted by atomic mass is 9.95. The van der Waals surface area contributed by atoms with Gasteiger partial charge in [0, 0.05) is 25.2 Å². The van der Waals surface area contributed by atoms with E-state index < -0.39 is 0 Å².